The van der Waals surface area contributed by atoms with Crippen LogP contribution in [0.3, 0.4) is 0 Å². The molecule has 5 nitrogen and oxygen atoms in total. The molecule has 1 atom stereocenters. The predicted octanol–water partition coefficient (Wildman–Crippen LogP) is 1.75. The molecule has 0 bridgehead atoms. The minimum atomic E-state index is -0.927. The predicted molar refractivity (Wildman–Crippen MR) is 70.8 cm³/mol. The lowest BCUT2D eigenvalue weighted by Gasteiger charge is -2.22. The lowest BCUT2D eigenvalue weighted by atomic mass is 10.1. The van der Waals surface area contributed by atoms with E-state index in [4.69, 9.17) is 5.11 Å². The van der Waals surface area contributed by atoms with Crippen LogP contribution in [0.4, 0.5) is 4.79 Å². The highest BCUT2D eigenvalue weighted by atomic mass is 16.4. The first-order valence-corrected chi connectivity index (χ1v) is 6.41. The topological polar surface area (TPSA) is 69.6 Å². The van der Waals surface area contributed by atoms with E-state index in [-0.39, 0.29) is 6.03 Å². The van der Waals surface area contributed by atoms with Crippen LogP contribution < -0.4 is 5.32 Å². The lowest BCUT2D eigenvalue weighted by Crippen LogP contribution is -2.45. The van der Waals surface area contributed by atoms with Crippen LogP contribution in [0.25, 0.3) is 0 Å². The minimum absolute atomic E-state index is 0.298. The van der Waals surface area contributed by atoms with Gasteiger partial charge in [-0.05, 0) is 30.9 Å². The molecule has 1 aromatic rings. The molecule has 2 amide bonds. The second kappa shape index (κ2) is 5.73. The molecule has 19 heavy (non-hydrogen) atoms. The summed E-state index contributed by atoms with van der Waals surface area (Å²) in [6.07, 6.45) is 1.28. The Balaban J connectivity index is 1.95. The maximum Gasteiger partial charge on any atom is 0.326 e. The van der Waals surface area contributed by atoms with Crippen LogP contribution in [0, 0.1) is 6.92 Å². The number of likely N-dealkylation sites (tertiary alicyclic amines) is 1. The molecule has 0 saturated carbocycles. The van der Waals surface area contributed by atoms with Gasteiger partial charge >= 0.3 is 12.0 Å². The standard InChI is InChI=1S/C14H18N2O3/c1-10-5-2-3-6-11(10)9-15-14(19)16-8-4-7-12(16)13(17)18/h2-3,5-6,12H,4,7-9H2,1H3,(H,15,19)(H,17,18)/t12-/m1/s1. The molecule has 102 valence electrons. The van der Waals surface area contributed by atoms with Gasteiger partial charge in [-0.3, -0.25) is 0 Å². The third-order valence-corrected chi connectivity index (χ3v) is 3.49. The Bertz CT molecular complexity index is 487. The number of aryl methyl sites for hydroxylation is 1. The summed E-state index contributed by atoms with van der Waals surface area (Å²) < 4.78 is 0. The highest BCUT2D eigenvalue weighted by Gasteiger charge is 2.33. The van der Waals surface area contributed by atoms with E-state index in [0.29, 0.717) is 19.5 Å². The third-order valence-electron chi connectivity index (χ3n) is 3.49. The molecule has 0 aromatic heterocycles. The van der Waals surface area contributed by atoms with Gasteiger partial charge in [0, 0.05) is 13.1 Å². The number of nitrogens with one attached hydrogen (secondary N) is 1. The van der Waals surface area contributed by atoms with Gasteiger partial charge < -0.3 is 15.3 Å². The van der Waals surface area contributed by atoms with E-state index in [1.54, 1.807) is 0 Å². The summed E-state index contributed by atoms with van der Waals surface area (Å²) in [5.41, 5.74) is 2.15. The van der Waals surface area contributed by atoms with Gasteiger partial charge in [0.05, 0.1) is 0 Å². The van der Waals surface area contributed by atoms with Crippen molar-refractivity contribution in [3.63, 3.8) is 0 Å². The van der Waals surface area contributed by atoms with Crippen LogP contribution in [0.1, 0.15) is 24.0 Å². The summed E-state index contributed by atoms with van der Waals surface area (Å²) in [5, 5.41) is 11.8. The van der Waals surface area contributed by atoms with Gasteiger partial charge in [0.15, 0.2) is 0 Å². The maximum atomic E-state index is 12.0. The van der Waals surface area contributed by atoms with Crippen molar-refractivity contribution >= 4 is 12.0 Å². The Morgan fingerprint density at radius 2 is 2.16 bits per heavy atom. The zero-order valence-corrected chi connectivity index (χ0v) is 10.9. The molecule has 2 N–H and O–H groups in total. The molecule has 1 aliphatic heterocycles. The second-order valence-corrected chi connectivity index (χ2v) is 4.77. The van der Waals surface area contributed by atoms with Crippen molar-refractivity contribution in [2.75, 3.05) is 6.54 Å². The highest BCUT2D eigenvalue weighted by molar-refractivity contribution is 5.83. The van der Waals surface area contributed by atoms with Gasteiger partial charge in [-0.15, -0.1) is 0 Å². The second-order valence-electron chi connectivity index (χ2n) is 4.77. The third kappa shape index (κ3) is 3.05. The van der Waals surface area contributed by atoms with E-state index >= 15 is 0 Å². The van der Waals surface area contributed by atoms with E-state index in [1.165, 1.54) is 4.90 Å². The Hall–Kier alpha value is -2.04. The number of aliphatic carboxylic acids is 1. The number of benzene rings is 1. The number of amides is 2. The molecule has 1 fully saturated rings. The molecule has 0 unspecified atom stereocenters. The van der Waals surface area contributed by atoms with Crippen molar-refractivity contribution in [2.24, 2.45) is 0 Å². The molecule has 1 saturated heterocycles. The average Bonchev–Trinajstić information content (AvgIpc) is 2.87. The van der Waals surface area contributed by atoms with Crippen molar-refractivity contribution in [2.45, 2.75) is 32.4 Å². The Kier molecular flexibility index (Phi) is 4.04. The fraction of sp³-hybridized carbons (Fsp3) is 0.429. The average molecular weight is 262 g/mol. The monoisotopic (exact) mass is 262 g/mol. The normalized spacial score (nSPS) is 18.4. The summed E-state index contributed by atoms with van der Waals surface area (Å²) in [5.74, 6) is -0.927. The molecule has 1 aliphatic rings. The molecule has 5 heteroatoms. The van der Waals surface area contributed by atoms with Gasteiger partial charge in [-0.1, -0.05) is 24.3 Å². The minimum Gasteiger partial charge on any atom is -0.480 e. The van der Waals surface area contributed by atoms with E-state index in [2.05, 4.69) is 5.32 Å². The number of rotatable bonds is 3. The molecule has 1 heterocycles. The highest BCUT2D eigenvalue weighted by Crippen LogP contribution is 2.17. The molecule has 0 spiro atoms. The van der Waals surface area contributed by atoms with Crippen LogP contribution in [0.5, 0.6) is 0 Å². The Labute approximate surface area is 112 Å². The fourth-order valence-corrected chi connectivity index (χ4v) is 2.35. The zero-order chi connectivity index (χ0) is 13.8. The van der Waals surface area contributed by atoms with Crippen molar-refractivity contribution in [1.29, 1.82) is 0 Å². The van der Waals surface area contributed by atoms with E-state index in [9.17, 15) is 9.59 Å². The quantitative estimate of drug-likeness (QED) is 0.872. The number of carbonyl (C=O) groups excluding carboxylic acids is 1. The summed E-state index contributed by atoms with van der Waals surface area (Å²) in [6.45, 7) is 2.92. The van der Waals surface area contributed by atoms with Crippen LogP contribution in [-0.4, -0.2) is 34.6 Å². The van der Waals surface area contributed by atoms with Gasteiger partial charge in [0.1, 0.15) is 6.04 Å². The van der Waals surface area contributed by atoms with Crippen LogP contribution in [-0.2, 0) is 11.3 Å². The van der Waals surface area contributed by atoms with E-state index < -0.39 is 12.0 Å². The number of carboxylic acids is 1. The van der Waals surface area contributed by atoms with Crippen LogP contribution >= 0.6 is 0 Å². The van der Waals surface area contributed by atoms with Gasteiger partial charge in [-0.25, -0.2) is 9.59 Å². The number of hydrogen-bond donors (Lipinski definition) is 2. The molecule has 1 aromatic carbocycles. The summed E-state index contributed by atoms with van der Waals surface area (Å²) in [6, 6.07) is 6.82. The van der Waals surface area contributed by atoms with Crippen LogP contribution in [0.2, 0.25) is 0 Å². The SMILES string of the molecule is Cc1ccccc1CNC(=O)N1CCC[C@@H]1C(=O)O. The van der Waals surface area contributed by atoms with Crippen molar-refractivity contribution in [1.82, 2.24) is 10.2 Å². The summed E-state index contributed by atoms with van der Waals surface area (Å²) in [7, 11) is 0. The van der Waals surface area contributed by atoms with E-state index in [0.717, 1.165) is 17.5 Å². The first-order valence-electron chi connectivity index (χ1n) is 6.41. The Morgan fingerprint density at radius 3 is 2.84 bits per heavy atom. The number of carbonyl (C=O) groups is 2. The maximum absolute atomic E-state index is 12.0. The fourth-order valence-electron chi connectivity index (χ4n) is 2.35. The van der Waals surface area contributed by atoms with Crippen molar-refractivity contribution in [3.8, 4) is 0 Å². The molecular formula is C14H18N2O3. The molecule has 2 rings (SSSR count). The first kappa shape index (κ1) is 13.4. The number of hydrogen-bond acceptors (Lipinski definition) is 2. The van der Waals surface area contributed by atoms with Crippen LogP contribution in [0.15, 0.2) is 24.3 Å². The van der Waals surface area contributed by atoms with Gasteiger partial charge in [-0.2, -0.15) is 0 Å². The van der Waals surface area contributed by atoms with E-state index in [1.807, 2.05) is 31.2 Å². The largest absolute Gasteiger partial charge is 0.480 e. The molecular weight excluding hydrogens is 244 g/mol. The number of carboxylic acid groups (broad SMARTS) is 1. The summed E-state index contributed by atoms with van der Waals surface area (Å²) >= 11 is 0. The number of urea groups is 1. The molecule has 0 radical (unpaired) electrons. The lowest BCUT2D eigenvalue weighted by molar-refractivity contribution is -0.141. The zero-order valence-electron chi connectivity index (χ0n) is 10.9. The Morgan fingerprint density at radius 1 is 1.42 bits per heavy atom. The van der Waals surface area contributed by atoms with Crippen molar-refractivity contribution < 1.29 is 14.7 Å². The van der Waals surface area contributed by atoms with Gasteiger partial charge in [0.2, 0.25) is 0 Å². The summed E-state index contributed by atoms with van der Waals surface area (Å²) in [4.78, 5) is 24.4. The smallest absolute Gasteiger partial charge is 0.326 e. The number of nitrogens with zero attached hydrogens (tertiary/aromatic N) is 1. The molecule has 0 aliphatic carbocycles. The first-order chi connectivity index (χ1) is 9.09. The van der Waals surface area contributed by atoms with Crippen molar-refractivity contribution in [3.05, 3.63) is 35.4 Å². The van der Waals surface area contributed by atoms with Gasteiger partial charge in [0.25, 0.3) is 0 Å².